The maximum absolute atomic E-state index is 10.00. The predicted octanol–water partition coefficient (Wildman–Crippen LogP) is 5.22. The highest BCUT2D eigenvalue weighted by atomic mass is 79.9. The summed E-state index contributed by atoms with van der Waals surface area (Å²) in [7, 11) is 0. The predicted molar refractivity (Wildman–Crippen MR) is 93.6 cm³/mol. The van der Waals surface area contributed by atoms with Crippen LogP contribution in [0.3, 0.4) is 0 Å². The number of aliphatic hydroxyl groups excluding tert-OH is 1. The number of benzene rings is 1. The fraction of sp³-hybridized carbons (Fsp3) is 0.667. The molecule has 0 heterocycles. The van der Waals surface area contributed by atoms with Crippen LogP contribution in [0.15, 0.2) is 28.7 Å². The van der Waals surface area contributed by atoms with Crippen LogP contribution < -0.4 is 5.32 Å². The zero-order valence-corrected chi connectivity index (χ0v) is 15.0. The maximum Gasteiger partial charge on any atom is 0.0661 e. The van der Waals surface area contributed by atoms with Gasteiger partial charge in [-0.1, -0.05) is 43.1 Å². The smallest absolute Gasteiger partial charge is 0.0661 e. The molecule has 0 bridgehead atoms. The summed E-state index contributed by atoms with van der Waals surface area (Å²) in [5.41, 5.74) is 1.30. The highest BCUT2D eigenvalue weighted by Crippen LogP contribution is 2.40. The second-order valence-corrected chi connectivity index (χ2v) is 8.48. The Labute approximate surface area is 137 Å². The van der Waals surface area contributed by atoms with Gasteiger partial charge in [0.15, 0.2) is 0 Å². The van der Waals surface area contributed by atoms with Gasteiger partial charge in [-0.3, -0.25) is 0 Å². The van der Waals surface area contributed by atoms with Gasteiger partial charge >= 0.3 is 0 Å². The van der Waals surface area contributed by atoms with E-state index >= 15 is 0 Å². The summed E-state index contributed by atoms with van der Waals surface area (Å²) in [6.07, 6.45) is 5.74. The van der Waals surface area contributed by atoms with Crippen LogP contribution in [0.2, 0.25) is 0 Å². The van der Waals surface area contributed by atoms with Gasteiger partial charge in [-0.15, -0.1) is 0 Å². The molecule has 2 N–H and O–H groups in total. The number of rotatable bonds is 3. The molecule has 1 saturated carbocycles. The normalized spacial score (nSPS) is 27.2. The SMILES string of the molecule is CC(C)(C)C1CCCC(CO)(Nc2ccc(Br)cc2)CC1. The molecule has 0 aliphatic heterocycles. The summed E-state index contributed by atoms with van der Waals surface area (Å²) < 4.78 is 1.08. The molecule has 1 fully saturated rings. The molecule has 1 aromatic rings. The highest BCUT2D eigenvalue weighted by molar-refractivity contribution is 9.10. The molecule has 0 spiro atoms. The van der Waals surface area contributed by atoms with Crippen LogP contribution in [0.1, 0.15) is 52.9 Å². The number of halogens is 1. The van der Waals surface area contributed by atoms with Crippen LogP contribution in [-0.4, -0.2) is 17.3 Å². The molecule has 1 aliphatic rings. The first-order chi connectivity index (χ1) is 9.85. The van der Waals surface area contributed by atoms with Gasteiger partial charge in [0.2, 0.25) is 0 Å². The van der Waals surface area contributed by atoms with Gasteiger partial charge in [0.05, 0.1) is 12.1 Å². The molecule has 2 rings (SSSR count). The lowest BCUT2D eigenvalue weighted by Crippen LogP contribution is -2.41. The fourth-order valence-electron chi connectivity index (χ4n) is 3.43. The van der Waals surface area contributed by atoms with E-state index in [1.807, 2.05) is 12.1 Å². The lowest BCUT2D eigenvalue weighted by atomic mass is 9.76. The van der Waals surface area contributed by atoms with Crippen molar-refractivity contribution >= 4 is 21.6 Å². The minimum Gasteiger partial charge on any atom is -0.394 e. The van der Waals surface area contributed by atoms with E-state index in [2.05, 4.69) is 54.2 Å². The summed E-state index contributed by atoms with van der Waals surface area (Å²) in [6, 6.07) is 8.24. The molecule has 1 aliphatic carbocycles. The second kappa shape index (κ2) is 6.70. The summed E-state index contributed by atoms with van der Waals surface area (Å²) in [5, 5.41) is 13.6. The minimum atomic E-state index is -0.159. The van der Waals surface area contributed by atoms with E-state index < -0.39 is 0 Å². The van der Waals surface area contributed by atoms with Crippen molar-refractivity contribution in [3.05, 3.63) is 28.7 Å². The Hall–Kier alpha value is -0.540. The van der Waals surface area contributed by atoms with E-state index in [-0.39, 0.29) is 12.1 Å². The molecule has 0 amide bonds. The van der Waals surface area contributed by atoms with Gasteiger partial charge in [-0.25, -0.2) is 0 Å². The quantitative estimate of drug-likeness (QED) is 0.730. The largest absolute Gasteiger partial charge is 0.394 e. The van der Waals surface area contributed by atoms with Crippen LogP contribution in [0.5, 0.6) is 0 Å². The minimum absolute atomic E-state index is 0.159. The van der Waals surface area contributed by atoms with Crippen molar-refractivity contribution in [2.45, 2.75) is 58.4 Å². The van der Waals surface area contributed by atoms with Crippen molar-refractivity contribution in [3.63, 3.8) is 0 Å². The third-order valence-electron chi connectivity index (χ3n) is 4.96. The number of hydrogen-bond acceptors (Lipinski definition) is 2. The Morgan fingerprint density at radius 2 is 1.86 bits per heavy atom. The van der Waals surface area contributed by atoms with E-state index in [0.29, 0.717) is 5.41 Å². The molecule has 2 atom stereocenters. The van der Waals surface area contributed by atoms with Gasteiger partial charge < -0.3 is 10.4 Å². The molecule has 118 valence electrons. The van der Waals surface area contributed by atoms with Gasteiger partial charge in [0.1, 0.15) is 0 Å². The molecule has 2 unspecified atom stereocenters. The molecule has 0 radical (unpaired) electrons. The Morgan fingerprint density at radius 1 is 1.19 bits per heavy atom. The zero-order valence-electron chi connectivity index (χ0n) is 13.5. The van der Waals surface area contributed by atoms with Crippen LogP contribution in [-0.2, 0) is 0 Å². The Balaban J connectivity index is 2.09. The first kappa shape index (κ1) is 16.8. The third-order valence-corrected chi connectivity index (χ3v) is 5.49. The Bertz CT molecular complexity index is 451. The van der Waals surface area contributed by atoms with Gasteiger partial charge in [0, 0.05) is 10.2 Å². The van der Waals surface area contributed by atoms with Crippen molar-refractivity contribution in [1.29, 1.82) is 0 Å². The first-order valence-corrected chi connectivity index (χ1v) is 8.79. The monoisotopic (exact) mass is 353 g/mol. The number of anilines is 1. The summed E-state index contributed by atoms with van der Waals surface area (Å²) in [5.74, 6) is 0.748. The van der Waals surface area contributed by atoms with E-state index in [4.69, 9.17) is 0 Å². The highest BCUT2D eigenvalue weighted by Gasteiger charge is 2.35. The fourth-order valence-corrected chi connectivity index (χ4v) is 3.70. The lowest BCUT2D eigenvalue weighted by molar-refractivity contribution is 0.182. The zero-order chi connectivity index (χ0) is 15.5. The first-order valence-electron chi connectivity index (χ1n) is 7.99. The Morgan fingerprint density at radius 3 is 2.43 bits per heavy atom. The average molecular weight is 354 g/mol. The Kier molecular flexibility index (Phi) is 5.37. The lowest BCUT2D eigenvalue weighted by Gasteiger charge is -2.34. The van der Waals surface area contributed by atoms with Crippen molar-refractivity contribution in [2.24, 2.45) is 11.3 Å². The van der Waals surface area contributed by atoms with Gasteiger partial charge in [0.25, 0.3) is 0 Å². The molecule has 3 heteroatoms. The third kappa shape index (κ3) is 4.46. The topological polar surface area (TPSA) is 32.3 Å². The number of nitrogens with one attached hydrogen (secondary N) is 1. The maximum atomic E-state index is 10.00. The van der Waals surface area contributed by atoms with Crippen molar-refractivity contribution < 1.29 is 5.11 Å². The molecule has 0 saturated heterocycles. The average Bonchev–Trinajstić information content (AvgIpc) is 2.64. The van der Waals surface area contributed by atoms with Crippen LogP contribution in [0, 0.1) is 11.3 Å². The molecule has 2 nitrogen and oxygen atoms in total. The molecule has 21 heavy (non-hydrogen) atoms. The number of aliphatic hydroxyl groups is 1. The van der Waals surface area contributed by atoms with E-state index in [9.17, 15) is 5.11 Å². The number of hydrogen-bond donors (Lipinski definition) is 2. The van der Waals surface area contributed by atoms with E-state index in [1.165, 1.54) is 19.3 Å². The summed E-state index contributed by atoms with van der Waals surface area (Å²) >= 11 is 3.47. The van der Waals surface area contributed by atoms with Crippen molar-refractivity contribution in [2.75, 3.05) is 11.9 Å². The van der Waals surface area contributed by atoms with E-state index in [1.54, 1.807) is 0 Å². The molecular formula is C18H28BrNO. The van der Waals surface area contributed by atoms with Crippen LogP contribution >= 0.6 is 15.9 Å². The van der Waals surface area contributed by atoms with E-state index in [0.717, 1.165) is 28.9 Å². The van der Waals surface area contributed by atoms with Crippen molar-refractivity contribution in [3.8, 4) is 0 Å². The van der Waals surface area contributed by atoms with Crippen molar-refractivity contribution in [1.82, 2.24) is 0 Å². The molecule has 1 aromatic carbocycles. The van der Waals surface area contributed by atoms with Crippen LogP contribution in [0.25, 0.3) is 0 Å². The summed E-state index contributed by atoms with van der Waals surface area (Å²) in [4.78, 5) is 0. The van der Waals surface area contributed by atoms with Crippen LogP contribution in [0.4, 0.5) is 5.69 Å². The standard InChI is InChI=1S/C18H28BrNO/c1-17(2,3)14-5-4-11-18(13-21,12-10-14)20-16-8-6-15(19)7-9-16/h6-9,14,20-21H,4-5,10-13H2,1-3H3. The van der Waals surface area contributed by atoms with Gasteiger partial charge in [-0.2, -0.15) is 0 Å². The second-order valence-electron chi connectivity index (χ2n) is 7.56. The molecular weight excluding hydrogens is 326 g/mol. The summed E-state index contributed by atoms with van der Waals surface area (Å²) in [6.45, 7) is 7.23. The molecule has 0 aromatic heterocycles. The van der Waals surface area contributed by atoms with Gasteiger partial charge in [-0.05, 0) is 61.3 Å².